The fourth-order valence-corrected chi connectivity index (χ4v) is 4.43. The molecular weight excluding hydrogens is 374 g/mol. The lowest BCUT2D eigenvalue weighted by molar-refractivity contribution is -0.130. The second-order valence-electron chi connectivity index (χ2n) is 8.23. The van der Waals surface area contributed by atoms with Gasteiger partial charge in [0.1, 0.15) is 0 Å². The minimum atomic E-state index is 0.200. The van der Waals surface area contributed by atoms with Crippen LogP contribution in [-0.4, -0.2) is 67.1 Å². The van der Waals surface area contributed by atoms with E-state index < -0.39 is 0 Å². The molecule has 1 aliphatic rings. The molecule has 0 saturated carbocycles. The summed E-state index contributed by atoms with van der Waals surface area (Å²) in [6.45, 7) is 5.10. The van der Waals surface area contributed by atoms with Crippen LogP contribution in [0, 0.1) is 5.92 Å². The van der Waals surface area contributed by atoms with E-state index in [9.17, 15) is 4.79 Å². The molecule has 2 aromatic carbocycles. The van der Waals surface area contributed by atoms with E-state index in [0.717, 1.165) is 55.6 Å². The summed E-state index contributed by atoms with van der Waals surface area (Å²) in [4.78, 5) is 20.9. The molecule has 1 aromatic heterocycles. The number of benzene rings is 2. The molecule has 1 aliphatic heterocycles. The van der Waals surface area contributed by atoms with Gasteiger partial charge in [-0.25, -0.2) is 0 Å². The van der Waals surface area contributed by atoms with Crippen LogP contribution in [0.25, 0.3) is 10.9 Å². The summed E-state index contributed by atoms with van der Waals surface area (Å²) in [6.07, 6.45) is 3.44. The average molecular weight is 406 g/mol. The van der Waals surface area contributed by atoms with Crippen molar-refractivity contribution in [2.24, 2.45) is 5.92 Å². The van der Waals surface area contributed by atoms with Gasteiger partial charge in [0.15, 0.2) is 0 Å². The van der Waals surface area contributed by atoms with Gasteiger partial charge in [-0.3, -0.25) is 4.79 Å². The second kappa shape index (κ2) is 9.92. The summed E-state index contributed by atoms with van der Waals surface area (Å²) in [5.41, 5.74) is 3.52. The van der Waals surface area contributed by atoms with Crippen LogP contribution in [0.5, 0.6) is 0 Å². The summed E-state index contributed by atoms with van der Waals surface area (Å²) in [6, 6.07) is 18.8. The van der Waals surface area contributed by atoms with Crippen molar-refractivity contribution in [1.29, 1.82) is 0 Å². The van der Waals surface area contributed by atoms with E-state index in [0.29, 0.717) is 18.9 Å². The Kier molecular flexibility index (Phi) is 6.82. The van der Waals surface area contributed by atoms with Crippen LogP contribution in [-0.2, 0) is 22.4 Å². The highest BCUT2D eigenvalue weighted by atomic mass is 16.5. The van der Waals surface area contributed by atoms with Crippen molar-refractivity contribution in [2.45, 2.75) is 12.8 Å². The number of carbonyl (C=O) groups is 1. The summed E-state index contributed by atoms with van der Waals surface area (Å²) < 4.78 is 5.47. The third kappa shape index (κ3) is 5.10. The first-order valence-electron chi connectivity index (χ1n) is 10.8. The number of carbonyl (C=O) groups excluding carboxylic acids is 1. The normalized spacial score (nSPS) is 17.9. The van der Waals surface area contributed by atoms with Crippen LogP contribution in [0.15, 0.2) is 60.8 Å². The maximum Gasteiger partial charge on any atom is 0.227 e. The predicted molar refractivity (Wildman–Crippen MR) is 121 cm³/mol. The number of rotatable bonds is 7. The Morgan fingerprint density at radius 2 is 1.87 bits per heavy atom. The van der Waals surface area contributed by atoms with Crippen LogP contribution >= 0.6 is 0 Å². The molecular formula is C25H31N3O2. The van der Waals surface area contributed by atoms with Gasteiger partial charge in [-0.2, -0.15) is 0 Å². The van der Waals surface area contributed by atoms with E-state index in [1.54, 1.807) is 7.11 Å². The molecule has 0 radical (unpaired) electrons. The average Bonchev–Trinajstić information content (AvgIpc) is 3.06. The van der Waals surface area contributed by atoms with E-state index in [-0.39, 0.29) is 5.91 Å². The standard InChI is InChI=1S/C25H31N3O2/c1-30-19-21-17-27(12-11-20-7-3-2-4-8-20)13-14-28(18-21)25(29)15-22-16-26-24-10-6-5-9-23(22)24/h2-10,16,21,26H,11-15,17-19H2,1H3. The third-order valence-electron chi connectivity index (χ3n) is 6.01. The number of H-pyrrole nitrogens is 1. The maximum absolute atomic E-state index is 13.2. The number of para-hydroxylation sites is 1. The predicted octanol–water partition coefficient (Wildman–Crippen LogP) is 3.36. The van der Waals surface area contributed by atoms with Gasteiger partial charge in [0.2, 0.25) is 5.91 Å². The number of aromatic nitrogens is 1. The van der Waals surface area contributed by atoms with E-state index in [1.165, 1.54) is 5.56 Å². The first-order chi connectivity index (χ1) is 14.7. The van der Waals surface area contributed by atoms with Crippen molar-refractivity contribution >= 4 is 16.8 Å². The Bertz CT molecular complexity index is 953. The topological polar surface area (TPSA) is 48.6 Å². The largest absolute Gasteiger partial charge is 0.384 e. The molecule has 0 aliphatic carbocycles. The zero-order valence-corrected chi connectivity index (χ0v) is 17.7. The number of hydrogen-bond acceptors (Lipinski definition) is 3. The Balaban J connectivity index is 1.40. The zero-order chi connectivity index (χ0) is 20.8. The molecule has 1 fully saturated rings. The van der Waals surface area contributed by atoms with Gasteiger partial charge in [0, 0.05) is 62.9 Å². The SMILES string of the molecule is COCC1CN(CCc2ccccc2)CCN(C(=O)Cc2c[nH]c3ccccc23)C1. The summed E-state index contributed by atoms with van der Waals surface area (Å²) in [7, 11) is 1.75. The number of methoxy groups -OCH3 is 1. The van der Waals surface area contributed by atoms with Gasteiger partial charge < -0.3 is 19.5 Å². The fourth-order valence-electron chi connectivity index (χ4n) is 4.43. The first-order valence-corrected chi connectivity index (χ1v) is 10.8. The Morgan fingerprint density at radius 3 is 2.70 bits per heavy atom. The quantitative estimate of drug-likeness (QED) is 0.656. The highest BCUT2D eigenvalue weighted by molar-refractivity contribution is 5.88. The van der Waals surface area contributed by atoms with Gasteiger partial charge in [-0.05, 0) is 23.6 Å². The fraction of sp³-hybridized carbons (Fsp3) is 0.400. The molecule has 5 nitrogen and oxygen atoms in total. The van der Waals surface area contributed by atoms with Crippen molar-refractivity contribution in [3.8, 4) is 0 Å². The van der Waals surface area contributed by atoms with E-state index >= 15 is 0 Å². The van der Waals surface area contributed by atoms with E-state index in [1.807, 2.05) is 23.2 Å². The molecule has 0 bridgehead atoms. The van der Waals surface area contributed by atoms with E-state index in [2.05, 4.69) is 52.3 Å². The number of fused-ring (bicyclic) bond motifs is 1. The molecule has 1 atom stereocenters. The first kappa shape index (κ1) is 20.6. The zero-order valence-electron chi connectivity index (χ0n) is 17.7. The second-order valence-corrected chi connectivity index (χ2v) is 8.23. The third-order valence-corrected chi connectivity index (χ3v) is 6.01. The van der Waals surface area contributed by atoms with Gasteiger partial charge in [-0.15, -0.1) is 0 Å². The van der Waals surface area contributed by atoms with Crippen LogP contribution in [0.4, 0.5) is 0 Å². The van der Waals surface area contributed by atoms with Crippen LogP contribution in [0.1, 0.15) is 11.1 Å². The summed E-state index contributed by atoms with van der Waals surface area (Å²) in [5.74, 6) is 0.533. The molecule has 5 heteroatoms. The lowest BCUT2D eigenvalue weighted by atomic mass is 10.1. The van der Waals surface area contributed by atoms with Crippen molar-refractivity contribution in [3.05, 3.63) is 71.9 Å². The molecule has 1 N–H and O–H groups in total. The highest BCUT2D eigenvalue weighted by Crippen LogP contribution is 2.20. The summed E-state index contributed by atoms with van der Waals surface area (Å²) >= 11 is 0. The van der Waals surface area contributed by atoms with Gasteiger partial charge >= 0.3 is 0 Å². The smallest absolute Gasteiger partial charge is 0.227 e. The number of nitrogens with one attached hydrogen (secondary N) is 1. The lowest BCUT2D eigenvalue weighted by Gasteiger charge is -2.24. The van der Waals surface area contributed by atoms with Crippen molar-refractivity contribution in [3.63, 3.8) is 0 Å². The molecule has 1 saturated heterocycles. The minimum Gasteiger partial charge on any atom is -0.384 e. The summed E-state index contributed by atoms with van der Waals surface area (Å²) in [5, 5.41) is 1.14. The molecule has 30 heavy (non-hydrogen) atoms. The molecule has 4 rings (SSSR count). The number of nitrogens with zero attached hydrogens (tertiary/aromatic N) is 2. The van der Waals surface area contributed by atoms with Crippen molar-refractivity contribution < 1.29 is 9.53 Å². The van der Waals surface area contributed by atoms with Crippen LogP contribution in [0.2, 0.25) is 0 Å². The molecule has 3 aromatic rings. The molecule has 0 spiro atoms. The number of hydrogen-bond donors (Lipinski definition) is 1. The van der Waals surface area contributed by atoms with Crippen molar-refractivity contribution in [2.75, 3.05) is 46.4 Å². The molecule has 1 amide bonds. The minimum absolute atomic E-state index is 0.200. The number of ether oxygens (including phenoxy) is 1. The van der Waals surface area contributed by atoms with Crippen LogP contribution in [0.3, 0.4) is 0 Å². The Labute approximate surface area is 178 Å². The monoisotopic (exact) mass is 405 g/mol. The van der Waals surface area contributed by atoms with Crippen molar-refractivity contribution in [1.82, 2.24) is 14.8 Å². The van der Waals surface area contributed by atoms with Gasteiger partial charge in [0.05, 0.1) is 13.0 Å². The lowest BCUT2D eigenvalue weighted by Crippen LogP contribution is -2.37. The maximum atomic E-state index is 13.2. The van der Waals surface area contributed by atoms with Crippen LogP contribution < -0.4 is 0 Å². The van der Waals surface area contributed by atoms with Gasteiger partial charge in [0.25, 0.3) is 0 Å². The number of aromatic amines is 1. The molecule has 158 valence electrons. The van der Waals surface area contributed by atoms with Gasteiger partial charge in [-0.1, -0.05) is 48.5 Å². The Hall–Kier alpha value is -2.63. The van der Waals surface area contributed by atoms with E-state index in [4.69, 9.17) is 4.74 Å². The molecule has 1 unspecified atom stereocenters. The molecule has 2 heterocycles. The highest BCUT2D eigenvalue weighted by Gasteiger charge is 2.26. The number of amides is 1. The Morgan fingerprint density at radius 1 is 1.07 bits per heavy atom.